The maximum absolute atomic E-state index is 13.7. The Balaban J connectivity index is 1.89. The number of Topliss-reactive ketones (excluding diaryl/α,β-unsaturated/α-hetero) is 3. The number of ketones is 3. The molecule has 0 amide bonds. The first-order valence-corrected chi connectivity index (χ1v) is 10.9. The van der Waals surface area contributed by atoms with Crippen LogP contribution in [0.4, 0.5) is 5.69 Å². The fourth-order valence-electron chi connectivity index (χ4n) is 4.87. The van der Waals surface area contributed by atoms with Crippen molar-refractivity contribution in [3.63, 3.8) is 0 Å². The summed E-state index contributed by atoms with van der Waals surface area (Å²) in [7, 11) is 0. The summed E-state index contributed by atoms with van der Waals surface area (Å²) in [5, 5.41) is 22.5. The predicted molar refractivity (Wildman–Crippen MR) is 125 cm³/mol. The minimum Gasteiger partial charge on any atom is -0.389 e. The molecule has 7 nitrogen and oxygen atoms in total. The van der Waals surface area contributed by atoms with Crippen molar-refractivity contribution in [1.29, 1.82) is 0 Å². The summed E-state index contributed by atoms with van der Waals surface area (Å²) < 4.78 is 0. The zero-order valence-corrected chi connectivity index (χ0v) is 18.5. The topological polar surface area (TPSA) is 115 Å². The van der Waals surface area contributed by atoms with E-state index in [1.165, 1.54) is 31.2 Å². The second-order valence-electron chi connectivity index (χ2n) is 8.79. The van der Waals surface area contributed by atoms with Gasteiger partial charge in [0.1, 0.15) is 5.78 Å². The van der Waals surface area contributed by atoms with Gasteiger partial charge >= 0.3 is 0 Å². The Morgan fingerprint density at radius 2 is 1.38 bits per heavy atom. The number of aliphatic hydroxyl groups is 1. The Morgan fingerprint density at radius 3 is 1.88 bits per heavy atom. The third-order valence-corrected chi connectivity index (χ3v) is 6.44. The highest BCUT2D eigenvalue weighted by Gasteiger charge is 2.55. The van der Waals surface area contributed by atoms with E-state index in [-0.39, 0.29) is 12.1 Å². The quantitative estimate of drug-likeness (QED) is 0.254. The van der Waals surface area contributed by atoms with Crippen LogP contribution in [-0.2, 0) is 4.79 Å². The number of rotatable bonds is 6. The third kappa shape index (κ3) is 4.30. The van der Waals surface area contributed by atoms with Crippen LogP contribution in [0, 0.1) is 22.0 Å². The molecule has 7 heteroatoms. The minimum atomic E-state index is -1.72. The summed E-state index contributed by atoms with van der Waals surface area (Å²) in [4.78, 5) is 51.2. The van der Waals surface area contributed by atoms with E-state index in [1.807, 2.05) is 0 Å². The van der Waals surface area contributed by atoms with Crippen LogP contribution >= 0.6 is 0 Å². The average molecular weight is 457 g/mol. The predicted octanol–water partition coefficient (Wildman–Crippen LogP) is 4.40. The number of hydrogen-bond acceptors (Lipinski definition) is 6. The maximum atomic E-state index is 13.7. The van der Waals surface area contributed by atoms with Gasteiger partial charge in [-0.1, -0.05) is 72.8 Å². The second kappa shape index (κ2) is 9.11. The largest absolute Gasteiger partial charge is 0.389 e. The molecule has 0 aliphatic heterocycles. The van der Waals surface area contributed by atoms with E-state index in [9.17, 15) is 29.6 Å². The molecule has 3 aromatic carbocycles. The normalized spacial score (nSPS) is 24.4. The SMILES string of the molecule is C[C@]1(O)CC(=O)[C@H](C(=O)c2ccccc2)[C@H](c2ccc([N+](=O)[O-])cc2)[C@@H]1C(=O)c1ccccc1. The van der Waals surface area contributed by atoms with Crippen molar-refractivity contribution in [1.82, 2.24) is 0 Å². The number of hydrogen-bond donors (Lipinski definition) is 1. The van der Waals surface area contributed by atoms with Crippen LogP contribution in [0.5, 0.6) is 0 Å². The summed E-state index contributed by atoms with van der Waals surface area (Å²) in [6.45, 7) is 1.43. The molecular weight excluding hydrogens is 434 g/mol. The van der Waals surface area contributed by atoms with Gasteiger partial charge in [0, 0.05) is 35.6 Å². The molecule has 3 aromatic rings. The highest BCUT2D eigenvalue weighted by Crippen LogP contribution is 2.48. The van der Waals surface area contributed by atoms with Crippen LogP contribution in [-0.4, -0.2) is 33.0 Å². The lowest BCUT2D eigenvalue weighted by Gasteiger charge is -2.44. The van der Waals surface area contributed by atoms with E-state index in [0.717, 1.165) is 0 Å². The van der Waals surface area contributed by atoms with Crippen molar-refractivity contribution in [2.75, 3.05) is 0 Å². The van der Waals surface area contributed by atoms with E-state index in [4.69, 9.17) is 0 Å². The van der Waals surface area contributed by atoms with Crippen LogP contribution < -0.4 is 0 Å². The van der Waals surface area contributed by atoms with Crippen LogP contribution in [0.2, 0.25) is 0 Å². The van der Waals surface area contributed by atoms with Gasteiger partial charge in [-0.15, -0.1) is 0 Å². The molecule has 34 heavy (non-hydrogen) atoms. The number of non-ortho nitro benzene ring substituents is 1. The van der Waals surface area contributed by atoms with Gasteiger partial charge in [0.05, 0.1) is 22.4 Å². The van der Waals surface area contributed by atoms with E-state index >= 15 is 0 Å². The highest BCUT2D eigenvalue weighted by molar-refractivity contribution is 6.13. The molecule has 1 aliphatic rings. The first-order valence-electron chi connectivity index (χ1n) is 10.9. The molecule has 172 valence electrons. The summed E-state index contributed by atoms with van der Waals surface area (Å²) in [6.07, 6.45) is -0.358. The second-order valence-corrected chi connectivity index (χ2v) is 8.79. The van der Waals surface area contributed by atoms with Crippen LogP contribution in [0.25, 0.3) is 0 Å². The lowest BCUT2D eigenvalue weighted by molar-refractivity contribution is -0.384. The summed E-state index contributed by atoms with van der Waals surface area (Å²) >= 11 is 0. The molecule has 1 fully saturated rings. The van der Waals surface area contributed by atoms with E-state index in [0.29, 0.717) is 16.7 Å². The summed E-state index contributed by atoms with van der Waals surface area (Å²) in [5.74, 6) is -4.66. The van der Waals surface area contributed by atoms with Crippen molar-refractivity contribution in [2.45, 2.75) is 24.9 Å². The van der Waals surface area contributed by atoms with Crippen LogP contribution in [0.3, 0.4) is 0 Å². The van der Waals surface area contributed by atoms with Crippen LogP contribution in [0.1, 0.15) is 45.5 Å². The monoisotopic (exact) mass is 457 g/mol. The number of benzene rings is 3. The zero-order chi connectivity index (χ0) is 24.5. The van der Waals surface area contributed by atoms with E-state index < -0.39 is 45.6 Å². The molecule has 0 aromatic heterocycles. The molecular formula is C27H23NO6. The lowest BCUT2D eigenvalue weighted by Crippen LogP contribution is -2.54. The molecule has 4 rings (SSSR count). The number of nitro groups is 1. The van der Waals surface area contributed by atoms with Crippen molar-refractivity contribution in [3.05, 3.63) is 112 Å². The van der Waals surface area contributed by atoms with E-state index in [1.54, 1.807) is 60.7 Å². The molecule has 4 atom stereocenters. The molecule has 0 radical (unpaired) electrons. The van der Waals surface area contributed by atoms with Gasteiger partial charge in [0.2, 0.25) is 0 Å². The van der Waals surface area contributed by atoms with Crippen molar-refractivity contribution in [2.24, 2.45) is 11.8 Å². The Kier molecular flexibility index (Phi) is 6.22. The molecule has 1 aliphatic carbocycles. The first kappa shape index (κ1) is 23.2. The fourth-order valence-corrected chi connectivity index (χ4v) is 4.87. The number of nitrogens with zero attached hydrogens (tertiary/aromatic N) is 1. The van der Waals surface area contributed by atoms with Crippen LogP contribution in [0.15, 0.2) is 84.9 Å². The van der Waals surface area contributed by atoms with Gasteiger partial charge in [-0.25, -0.2) is 0 Å². The smallest absolute Gasteiger partial charge is 0.269 e. The number of nitro benzene ring substituents is 1. The number of carbonyl (C=O) groups is 3. The maximum Gasteiger partial charge on any atom is 0.269 e. The molecule has 1 N–H and O–H groups in total. The lowest BCUT2D eigenvalue weighted by atomic mass is 9.58. The molecule has 0 saturated heterocycles. The van der Waals surface area contributed by atoms with Crippen molar-refractivity contribution >= 4 is 23.0 Å². The molecule has 1 saturated carbocycles. The van der Waals surface area contributed by atoms with Crippen molar-refractivity contribution < 1.29 is 24.4 Å². The first-order chi connectivity index (χ1) is 16.2. The van der Waals surface area contributed by atoms with E-state index in [2.05, 4.69) is 0 Å². The third-order valence-electron chi connectivity index (χ3n) is 6.44. The Morgan fingerprint density at radius 1 is 0.882 bits per heavy atom. The standard InChI is InChI=1S/C27H23NO6/c1-27(32)16-21(29)23(25(30)18-8-4-2-5-9-18)22(17-12-14-20(15-13-17)28(33)34)24(27)26(31)19-10-6-3-7-11-19/h2-15,22-24,32H,16H2,1H3/t22-,23-,24+,27-/m0/s1. The number of carbonyl (C=O) groups excluding carboxylic acids is 3. The van der Waals surface area contributed by atoms with Gasteiger partial charge in [0.15, 0.2) is 11.6 Å². The molecule has 0 bridgehead atoms. The fraction of sp³-hybridized carbons (Fsp3) is 0.222. The van der Waals surface area contributed by atoms with Gasteiger partial charge in [-0.3, -0.25) is 24.5 Å². The van der Waals surface area contributed by atoms with Crippen molar-refractivity contribution in [3.8, 4) is 0 Å². The zero-order valence-electron chi connectivity index (χ0n) is 18.5. The minimum absolute atomic E-state index is 0.158. The Labute approximate surface area is 196 Å². The molecule has 0 unspecified atom stereocenters. The van der Waals surface area contributed by atoms with Gasteiger partial charge < -0.3 is 5.11 Å². The Bertz CT molecular complexity index is 1240. The Hall–Kier alpha value is -3.97. The van der Waals surface area contributed by atoms with Gasteiger partial charge in [0.25, 0.3) is 5.69 Å². The molecule has 0 heterocycles. The highest BCUT2D eigenvalue weighted by atomic mass is 16.6. The average Bonchev–Trinajstić information content (AvgIpc) is 2.83. The van der Waals surface area contributed by atoms with Gasteiger partial charge in [-0.2, -0.15) is 0 Å². The summed E-state index contributed by atoms with van der Waals surface area (Å²) in [6, 6.07) is 22.2. The summed E-state index contributed by atoms with van der Waals surface area (Å²) in [5.41, 5.74) is -0.804. The molecule has 0 spiro atoms. The van der Waals surface area contributed by atoms with Gasteiger partial charge in [-0.05, 0) is 12.5 Å².